The van der Waals surface area contributed by atoms with Gasteiger partial charge in [0.25, 0.3) is 0 Å². The molecule has 0 heterocycles. The van der Waals surface area contributed by atoms with E-state index in [0.29, 0.717) is 9.13 Å². The molecular formula is C7H4BrFINO. The third-order valence-electron chi connectivity index (χ3n) is 1.30. The number of halogens is 3. The van der Waals surface area contributed by atoms with E-state index >= 15 is 0 Å². The molecule has 0 atom stereocenters. The normalized spacial score (nSPS) is 9.92. The van der Waals surface area contributed by atoms with Crippen LogP contribution in [-0.2, 0) is 0 Å². The van der Waals surface area contributed by atoms with E-state index < -0.39 is 11.7 Å². The first-order chi connectivity index (χ1) is 5.54. The second-order valence-electron chi connectivity index (χ2n) is 2.09. The van der Waals surface area contributed by atoms with Crippen LogP contribution in [0.5, 0.6) is 0 Å². The lowest BCUT2D eigenvalue weighted by atomic mass is 10.2. The average Bonchev–Trinajstić information content (AvgIpc) is 2.00. The molecule has 0 unspecified atom stereocenters. The number of nitrogens with two attached hydrogens (primary N) is 1. The molecule has 2 nitrogen and oxygen atoms in total. The molecule has 2 N–H and O–H groups in total. The molecule has 0 bridgehead atoms. The van der Waals surface area contributed by atoms with Gasteiger partial charge >= 0.3 is 0 Å². The summed E-state index contributed by atoms with van der Waals surface area (Å²) in [7, 11) is 0. The van der Waals surface area contributed by atoms with Crippen molar-refractivity contribution in [2.45, 2.75) is 0 Å². The number of benzene rings is 1. The monoisotopic (exact) mass is 343 g/mol. The van der Waals surface area contributed by atoms with Crippen LogP contribution in [0.2, 0.25) is 0 Å². The van der Waals surface area contributed by atoms with Crippen molar-refractivity contribution in [2.24, 2.45) is 5.73 Å². The summed E-state index contributed by atoms with van der Waals surface area (Å²) < 4.78 is 13.6. The third-order valence-corrected chi connectivity index (χ3v) is 3.94. The van der Waals surface area contributed by atoms with Crippen LogP contribution in [0.1, 0.15) is 10.4 Å². The average molecular weight is 344 g/mol. The molecule has 1 aromatic carbocycles. The van der Waals surface area contributed by atoms with Crippen LogP contribution in [0, 0.1) is 9.39 Å². The van der Waals surface area contributed by atoms with Gasteiger partial charge in [-0.3, -0.25) is 4.79 Å². The van der Waals surface area contributed by atoms with Crippen molar-refractivity contribution in [1.82, 2.24) is 0 Å². The maximum Gasteiger partial charge on any atom is 0.249 e. The van der Waals surface area contributed by atoms with Crippen LogP contribution in [0.25, 0.3) is 0 Å². The Bertz CT molecular complexity index is 342. The second-order valence-corrected chi connectivity index (χ2v) is 3.96. The minimum atomic E-state index is -0.555. The van der Waals surface area contributed by atoms with Gasteiger partial charge in [-0.1, -0.05) is 0 Å². The summed E-state index contributed by atoms with van der Waals surface area (Å²) in [5.74, 6) is -0.954. The molecule has 0 aliphatic carbocycles. The standard InChI is InChI=1S/C7H4BrFINO/c8-5-4(9)2-1-3(6(5)10)7(11)12/h1-2H,(H2,11,12). The van der Waals surface area contributed by atoms with Crippen LogP contribution >= 0.6 is 38.5 Å². The van der Waals surface area contributed by atoms with E-state index in [9.17, 15) is 9.18 Å². The second kappa shape index (κ2) is 3.69. The van der Waals surface area contributed by atoms with Crippen molar-refractivity contribution in [1.29, 1.82) is 0 Å². The molecular weight excluding hydrogens is 340 g/mol. The first-order valence-electron chi connectivity index (χ1n) is 2.97. The van der Waals surface area contributed by atoms with Gasteiger partial charge in [0.2, 0.25) is 5.91 Å². The number of carbonyl (C=O) groups is 1. The Hall–Kier alpha value is -0.170. The summed E-state index contributed by atoms with van der Waals surface area (Å²) in [6.45, 7) is 0. The highest BCUT2D eigenvalue weighted by atomic mass is 127. The van der Waals surface area contributed by atoms with Gasteiger partial charge in [-0.2, -0.15) is 0 Å². The highest BCUT2D eigenvalue weighted by Gasteiger charge is 2.11. The minimum absolute atomic E-state index is 0.277. The van der Waals surface area contributed by atoms with Crippen LogP contribution in [0.4, 0.5) is 4.39 Å². The zero-order valence-electron chi connectivity index (χ0n) is 5.77. The van der Waals surface area contributed by atoms with Gasteiger partial charge in [0.05, 0.1) is 10.0 Å². The van der Waals surface area contributed by atoms with Crippen molar-refractivity contribution in [3.63, 3.8) is 0 Å². The van der Waals surface area contributed by atoms with E-state index in [1.165, 1.54) is 12.1 Å². The van der Waals surface area contributed by atoms with Crippen molar-refractivity contribution in [2.75, 3.05) is 0 Å². The molecule has 1 amide bonds. The fourth-order valence-electron chi connectivity index (χ4n) is 0.716. The van der Waals surface area contributed by atoms with E-state index in [2.05, 4.69) is 15.9 Å². The lowest BCUT2D eigenvalue weighted by molar-refractivity contribution is 0.0999. The van der Waals surface area contributed by atoms with Gasteiger partial charge in [-0.25, -0.2) is 4.39 Å². The van der Waals surface area contributed by atoms with Crippen LogP contribution in [0.15, 0.2) is 16.6 Å². The Morgan fingerprint density at radius 3 is 2.67 bits per heavy atom. The fraction of sp³-hybridized carbons (Fsp3) is 0. The van der Waals surface area contributed by atoms with Crippen molar-refractivity contribution in [3.05, 3.63) is 31.6 Å². The van der Waals surface area contributed by atoms with E-state index in [1.807, 2.05) is 22.6 Å². The molecule has 5 heteroatoms. The topological polar surface area (TPSA) is 43.1 Å². The van der Waals surface area contributed by atoms with E-state index in [1.54, 1.807) is 0 Å². The summed E-state index contributed by atoms with van der Waals surface area (Å²) in [5.41, 5.74) is 5.37. The Morgan fingerprint density at radius 2 is 2.17 bits per heavy atom. The van der Waals surface area contributed by atoms with Gasteiger partial charge in [0, 0.05) is 3.57 Å². The highest BCUT2D eigenvalue weighted by Crippen LogP contribution is 2.25. The zero-order chi connectivity index (χ0) is 9.30. The molecule has 64 valence electrons. The molecule has 0 aliphatic heterocycles. The molecule has 0 radical (unpaired) electrons. The molecule has 0 saturated carbocycles. The predicted octanol–water partition coefficient (Wildman–Crippen LogP) is 2.29. The number of rotatable bonds is 1. The Labute approximate surface area is 90.6 Å². The summed E-state index contributed by atoms with van der Waals surface area (Å²) >= 11 is 4.87. The predicted molar refractivity (Wildman–Crippen MR) is 55.3 cm³/mol. The zero-order valence-corrected chi connectivity index (χ0v) is 9.52. The van der Waals surface area contributed by atoms with E-state index in [4.69, 9.17) is 5.73 Å². The molecule has 1 aromatic rings. The molecule has 0 spiro atoms. The van der Waals surface area contributed by atoms with Crippen LogP contribution in [-0.4, -0.2) is 5.91 Å². The number of primary amides is 1. The Morgan fingerprint density at radius 1 is 1.58 bits per heavy atom. The van der Waals surface area contributed by atoms with Gasteiger partial charge in [-0.05, 0) is 50.7 Å². The van der Waals surface area contributed by atoms with Gasteiger partial charge < -0.3 is 5.73 Å². The Balaban J connectivity index is 3.36. The Kier molecular flexibility index (Phi) is 3.05. The summed E-state index contributed by atoms with van der Waals surface area (Å²) in [5, 5.41) is 0. The molecule has 1 rings (SSSR count). The quantitative estimate of drug-likeness (QED) is 0.617. The summed E-state index contributed by atoms with van der Waals surface area (Å²) in [6.07, 6.45) is 0. The molecule has 0 saturated heterocycles. The first kappa shape index (κ1) is 9.91. The minimum Gasteiger partial charge on any atom is -0.366 e. The maximum absolute atomic E-state index is 12.8. The van der Waals surface area contributed by atoms with Crippen molar-refractivity contribution >= 4 is 44.4 Å². The number of hydrogen-bond donors (Lipinski definition) is 1. The van der Waals surface area contributed by atoms with Gasteiger partial charge in [0.15, 0.2) is 0 Å². The van der Waals surface area contributed by atoms with Crippen molar-refractivity contribution < 1.29 is 9.18 Å². The van der Waals surface area contributed by atoms with Crippen LogP contribution < -0.4 is 5.73 Å². The number of hydrogen-bond acceptors (Lipinski definition) is 1. The fourth-order valence-corrected chi connectivity index (χ4v) is 1.77. The summed E-state index contributed by atoms with van der Waals surface area (Å²) in [4.78, 5) is 10.8. The lowest BCUT2D eigenvalue weighted by Crippen LogP contribution is -2.13. The first-order valence-corrected chi connectivity index (χ1v) is 4.84. The summed E-state index contributed by atoms with van der Waals surface area (Å²) in [6, 6.07) is 2.57. The lowest BCUT2D eigenvalue weighted by Gasteiger charge is -2.02. The largest absolute Gasteiger partial charge is 0.366 e. The van der Waals surface area contributed by atoms with Gasteiger partial charge in [0.1, 0.15) is 5.82 Å². The van der Waals surface area contributed by atoms with Gasteiger partial charge in [-0.15, -0.1) is 0 Å². The third kappa shape index (κ3) is 1.77. The molecule has 0 aromatic heterocycles. The molecule has 0 aliphatic rings. The smallest absolute Gasteiger partial charge is 0.249 e. The highest BCUT2D eigenvalue weighted by molar-refractivity contribution is 14.1. The number of carbonyl (C=O) groups excluding carboxylic acids is 1. The van der Waals surface area contributed by atoms with Crippen LogP contribution in [0.3, 0.4) is 0 Å². The van der Waals surface area contributed by atoms with E-state index in [0.717, 1.165) is 0 Å². The molecule has 12 heavy (non-hydrogen) atoms. The number of amides is 1. The van der Waals surface area contributed by atoms with Crippen molar-refractivity contribution in [3.8, 4) is 0 Å². The maximum atomic E-state index is 12.8. The van der Waals surface area contributed by atoms with E-state index in [-0.39, 0.29) is 4.47 Å². The SMILES string of the molecule is NC(=O)c1ccc(F)c(Br)c1I. The molecule has 0 fully saturated rings.